The molecule has 0 spiro atoms. The molecule has 1 atom stereocenters. The number of nitrogens with zero attached hydrogens (tertiary/aromatic N) is 3. The summed E-state index contributed by atoms with van der Waals surface area (Å²) < 4.78 is 2.21. The average molecular weight is 385 g/mol. The van der Waals surface area contributed by atoms with Gasteiger partial charge in [0.1, 0.15) is 5.82 Å². The van der Waals surface area contributed by atoms with Gasteiger partial charge in [0, 0.05) is 18.5 Å². The number of nitrogens with one attached hydrogen (secondary N) is 2. The number of hydrogen-bond donors (Lipinski definition) is 2. The Kier molecular flexibility index (Phi) is 5.15. The molecule has 0 radical (unpaired) electrons. The van der Waals surface area contributed by atoms with Crippen LogP contribution in [0.5, 0.6) is 0 Å². The van der Waals surface area contributed by atoms with Crippen molar-refractivity contribution in [1.82, 2.24) is 25.4 Å². The minimum absolute atomic E-state index is 0.330. The Bertz CT molecular complexity index is 830. The lowest BCUT2D eigenvalue weighted by atomic mass is 10.2. The molecule has 3 amide bonds. The number of hydrogen-bond acceptors (Lipinski definition) is 5. The second-order valence-corrected chi connectivity index (χ2v) is 8.44. The fourth-order valence-corrected chi connectivity index (χ4v) is 3.84. The van der Waals surface area contributed by atoms with Crippen molar-refractivity contribution in [3.8, 4) is 0 Å². The van der Waals surface area contributed by atoms with E-state index in [1.165, 1.54) is 24.6 Å². The molecule has 4 rings (SSSR count). The van der Waals surface area contributed by atoms with E-state index in [0.717, 1.165) is 29.4 Å². The van der Waals surface area contributed by atoms with Crippen molar-refractivity contribution in [2.45, 2.75) is 61.5 Å². The molecule has 2 N–H and O–H groups in total. The lowest BCUT2D eigenvalue weighted by Gasteiger charge is -2.13. The molecular formula is C19H23N5O2S. The number of carbonyl (C=O) groups is 2. The van der Waals surface area contributed by atoms with Gasteiger partial charge < -0.3 is 9.88 Å². The quantitative estimate of drug-likeness (QED) is 0.715. The van der Waals surface area contributed by atoms with Gasteiger partial charge in [-0.1, -0.05) is 42.1 Å². The van der Waals surface area contributed by atoms with E-state index in [9.17, 15) is 9.59 Å². The minimum Gasteiger partial charge on any atom is -0.334 e. The van der Waals surface area contributed by atoms with Gasteiger partial charge in [0.15, 0.2) is 5.16 Å². The fraction of sp³-hybridized carbons (Fsp3) is 0.474. The normalized spacial score (nSPS) is 17.4. The summed E-state index contributed by atoms with van der Waals surface area (Å²) >= 11 is 1.37. The van der Waals surface area contributed by atoms with Gasteiger partial charge in [-0.25, -0.2) is 4.79 Å². The predicted molar refractivity (Wildman–Crippen MR) is 102 cm³/mol. The van der Waals surface area contributed by atoms with Gasteiger partial charge in [-0.15, -0.1) is 10.2 Å². The number of aromatic nitrogens is 3. The highest BCUT2D eigenvalue weighted by Crippen LogP contribution is 2.46. The number of amides is 3. The molecule has 7 nitrogen and oxygen atoms in total. The summed E-state index contributed by atoms with van der Waals surface area (Å²) in [5.74, 6) is 1.26. The second kappa shape index (κ2) is 7.72. The Morgan fingerprint density at radius 2 is 1.93 bits per heavy atom. The largest absolute Gasteiger partial charge is 0.334 e. The van der Waals surface area contributed by atoms with E-state index in [1.807, 2.05) is 30.3 Å². The highest BCUT2D eigenvalue weighted by Gasteiger charge is 2.37. The van der Waals surface area contributed by atoms with E-state index in [1.54, 1.807) is 6.92 Å². The maximum atomic E-state index is 12.4. The minimum atomic E-state index is -0.487. The highest BCUT2D eigenvalue weighted by molar-refractivity contribution is 8.00. The molecule has 2 aliphatic carbocycles. The first kappa shape index (κ1) is 18.0. The Hall–Kier alpha value is -2.35. The summed E-state index contributed by atoms with van der Waals surface area (Å²) in [6, 6.07) is 9.56. The Morgan fingerprint density at radius 3 is 2.59 bits per heavy atom. The number of urea groups is 1. The Balaban J connectivity index is 1.31. The lowest BCUT2D eigenvalue weighted by molar-refractivity contribution is -0.119. The first-order valence-corrected chi connectivity index (χ1v) is 10.2. The molecule has 142 valence electrons. The first-order chi connectivity index (χ1) is 13.1. The van der Waals surface area contributed by atoms with Crippen LogP contribution in [0.1, 0.15) is 56.0 Å². The average Bonchev–Trinajstić information content (AvgIpc) is 3.60. The molecule has 0 saturated heterocycles. The molecular weight excluding hydrogens is 362 g/mol. The number of rotatable bonds is 7. The molecule has 1 heterocycles. The van der Waals surface area contributed by atoms with Crippen LogP contribution in [-0.2, 0) is 11.3 Å². The summed E-state index contributed by atoms with van der Waals surface area (Å²) in [7, 11) is 0. The van der Waals surface area contributed by atoms with Crippen LogP contribution < -0.4 is 10.6 Å². The fourth-order valence-electron chi connectivity index (χ4n) is 2.91. The van der Waals surface area contributed by atoms with Gasteiger partial charge >= 0.3 is 6.03 Å². The molecule has 27 heavy (non-hydrogen) atoms. The number of imide groups is 1. The molecule has 2 fully saturated rings. The van der Waals surface area contributed by atoms with Crippen molar-refractivity contribution in [3.63, 3.8) is 0 Å². The summed E-state index contributed by atoms with van der Waals surface area (Å²) in [5.41, 5.74) is 0.979. The zero-order chi connectivity index (χ0) is 18.8. The highest BCUT2D eigenvalue weighted by atomic mass is 32.2. The molecule has 2 aromatic rings. The van der Waals surface area contributed by atoms with E-state index >= 15 is 0 Å². The molecule has 2 aliphatic rings. The van der Waals surface area contributed by atoms with Crippen LogP contribution in [0.15, 0.2) is 35.5 Å². The van der Waals surface area contributed by atoms with E-state index in [4.69, 9.17) is 0 Å². The van der Waals surface area contributed by atoms with Crippen molar-refractivity contribution in [3.05, 3.63) is 41.7 Å². The topological polar surface area (TPSA) is 88.9 Å². The number of thioether (sulfide) groups is 1. The maximum absolute atomic E-state index is 12.4. The standard InChI is InChI=1S/C19H23N5O2S/c1-12(17(25)21-18(26)20-11-13-5-3-2-4-6-13)27-19-23-22-16(14-7-8-14)24(19)15-9-10-15/h2-6,12,14-15H,7-11H2,1H3,(H2,20,21,25,26)/t12-/m0/s1. The van der Waals surface area contributed by atoms with Crippen molar-refractivity contribution in [2.75, 3.05) is 0 Å². The smallest absolute Gasteiger partial charge is 0.321 e. The third-order valence-corrected chi connectivity index (χ3v) is 5.79. The molecule has 1 aromatic carbocycles. The van der Waals surface area contributed by atoms with Gasteiger partial charge in [0.05, 0.1) is 5.25 Å². The monoisotopic (exact) mass is 385 g/mol. The molecule has 0 bridgehead atoms. The third-order valence-electron chi connectivity index (χ3n) is 4.73. The third kappa shape index (κ3) is 4.50. The lowest BCUT2D eigenvalue weighted by Crippen LogP contribution is -2.42. The van der Waals surface area contributed by atoms with Gasteiger partial charge in [-0.3, -0.25) is 10.1 Å². The van der Waals surface area contributed by atoms with Crippen LogP contribution >= 0.6 is 11.8 Å². The van der Waals surface area contributed by atoms with Crippen LogP contribution in [0.4, 0.5) is 4.79 Å². The van der Waals surface area contributed by atoms with Crippen LogP contribution in [0.2, 0.25) is 0 Å². The van der Waals surface area contributed by atoms with Crippen molar-refractivity contribution >= 4 is 23.7 Å². The van der Waals surface area contributed by atoms with E-state index in [0.29, 0.717) is 18.5 Å². The van der Waals surface area contributed by atoms with Crippen LogP contribution in [0.25, 0.3) is 0 Å². The van der Waals surface area contributed by atoms with Crippen molar-refractivity contribution < 1.29 is 9.59 Å². The molecule has 0 aliphatic heterocycles. The molecule has 8 heteroatoms. The van der Waals surface area contributed by atoms with Gasteiger partial charge in [0.2, 0.25) is 5.91 Å². The first-order valence-electron chi connectivity index (χ1n) is 9.36. The van der Waals surface area contributed by atoms with Gasteiger partial charge in [0.25, 0.3) is 0 Å². The predicted octanol–water partition coefficient (Wildman–Crippen LogP) is 3.00. The van der Waals surface area contributed by atoms with Crippen LogP contribution in [-0.4, -0.2) is 32.0 Å². The number of benzene rings is 1. The van der Waals surface area contributed by atoms with Gasteiger partial charge in [-0.2, -0.15) is 0 Å². The molecule has 0 unspecified atom stereocenters. The van der Waals surface area contributed by atoms with Gasteiger partial charge in [-0.05, 0) is 38.2 Å². The van der Waals surface area contributed by atoms with E-state index in [2.05, 4.69) is 25.4 Å². The van der Waals surface area contributed by atoms with Crippen molar-refractivity contribution in [2.24, 2.45) is 0 Å². The zero-order valence-electron chi connectivity index (χ0n) is 15.2. The maximum Gasteiger partial charge on any atom is 0.321 e. The molecule has 1 aromatic heterocycles. The Morgan fingerprint density at radius 1 is 1.19 bits per heavy atom. The van der Waals surface area contributed by atoms with Crippen LogP contribution in [0.3, 0.4) is 0 Å². The number of carbonyl (C=O) groups excluding carboxylic acids is 2. The van der Waals surface area contributed by atoms with Crippen LogP contribution in [0, 0.1) is 0 Å². The summed E-state index contributed by atoms with van der Waals surface area (Å²) in [6.45, 7) is 2.16. The second-order valence-electron chi connectivity index (χ2n) is 7.13. The summed E-state index contributed by atoms with van der Waals surface area (Å²) in [5, 5.41) is 14.1. The summed E-state index contributed by atoms with van der Waals surface area (Å²) in [4.78, 5) is 24.4. The summed E-state index contributed by atoms with van der Waals surface area (Å²) in [6.07, 6.45) is 4.64. The Labute approximate surface area is 162 Å². The van der Waals surface area contributed by atoms with E-state index < -0.39 is 11.3 Å². The van der Waals surface area contributed by atoms with E-state index in [-0.39, 0.29) is 5.91 Å². The molecule has 2 saturated carbocycles. The van der Waals surface area contributed by atoms with Crippen molar-refractivity contribution in [1.29, 1.82) is 0 Å². The SMILES string of the molecule is C[C@H](Sc1nnc(C2CC2)n1C1CC1)C(=O)NC(=O)NCc1ccccc1. The zero-order valence-corrected chi connectivity index (χ0v) is 16.0.